The van der Waals surface area contributed by atoms with Gasteiger partial charge in [0.15, 0.2) is 10.9 Å². The summed E-state index contributed by atoms with van der Waals surface area (Å²) in [6.07, 6.45) is 5.08. The fourth-order valence-corrected chi connectivity index (χ4v) is 3.36. The lowest BCUT2D eigenvalue weighted by Gasteiger charge is -2.16. The molecule has 0 saturated carbocycles. The average Bonchev–Trinajstić information content (AvgIpc) is 3.49. The summed E-state index contributed by atoms with van der Waals surface area (Å²) in [6, 6.07) is 13.3. The number of hydrogen-bond donors (Lipinski definition) is 1. The van der Waals surface area contributed by atoms with Crippen LogP contribution in [0.1, 0.15) is 21.9 Å². The summed E-state index contributed by atoms with van der Waals surface area (Å²) >= 11 is 1.46. The molecular weight excluding hydrogens is 376 g/mol. The topological polar surface area (TPSA) is 92.8 Å². The van der Waals surface area contributed by atoms with Crippen molar-refractivity contribution in [2.75, 3.05) is 7.05 Å². The zero-order valence-electron chi connectivity index (χ0n) is 15.1. The van der Waals surface area contributed by atoms with Crippen LogP contribution in [0.5, 0.6) is 0 Å². The average molecular weight is 394 g/mol. The summed E-state index contributed by atoms with van der Waals surface area (Å²) in [5, 5.41) is 11.5. The summed E-state index contributed by atoms with van der Waals surface area (Å²) in [6.45, 7) is 0.487. The molecule has 1 N–H and O–H groups in total. The first-order chi connectivity index (χ1) is 13.7. The molecule has 4 aromatic rings. The van der Waals surface area contributed by atoms with Crippen molar-refractivity contribution < 1.29 is 9.21 Å². The lowest BCUT2D eigenvalue weighted by atomic mass is 10.2. The highest BCUT2D eigenvalue weighted by Gasteiger charge is 2.16. The summed E-state index contributed by atoms with van der Waals surface area (Å²) in [4.78, 5) is 18.3. The first-order valence-corrected chi connectivity index (χ1v) is 9.59. The van der Waals surface area contributed by atoms with Crippen molar-refractivity contribution in [1.82, 2.24) is 29.9 Å². The van der Waals surface area contributed by atoms with Gasteiger partial charge in [0.05, 0.1) is 11.4 Å². The zero-order valence-corrected chi connectivity index (χ0v) is 16.0. The van der Waals surface area contributed by atoms with Gasteiger partial charge in [-0.05, 0) is 35.9 Å². The van der Waals surface area contributed by atoms with E-state index in [4.69, 9.17) is 4.42 Å². The Morgan fingerprint density at radius 3 is 2.82 bits per heavy atom. The molecule has 0 fully saturated rings. The Bertz CT molecular complexity index is 1030. The van der Waals surface area contributed by atoms with Gasteiger partial charge in [-0.25, -0.2) is 9.67 Å². The van der Waals surface area contributed by atoms with Crippen molar-refractivity contribution in [3.63, 3.8) is 0 Å². The molecule has 3 heterocycles. The van der Waals surface area contributed by atoms with Crippen LogP contribution in [0.2, 0.25) is 0 Å². The number of thioether (sulfide) groups is 1. The molecule has 1 aromatic carbocycles. The van der Waals surface area contributed by atoms with Gasteiger partial charge in [-0.1, -0.05) is 23.9 Å². The molecule has 0 spiro atoms. The molecule has 0 aliphatic rings. The number of hydrogen-bond acceptors (Lipinski definition) is 6. The second-order valence-electron chi connectivity index (χ2n) is 6.12. The van der Waals surface area contributed by atoms with Crippen LogP contribution in [0, 0.1) is 0 Å². The van der Waals surface area contributed by atoms with Crippen LogP contribution in [-0.2, 0) is 12.3 Å². The second-order valence-corrected chi connectivity index (χ2v) is 7.09. The third-order valence-corrected chi connectivity index (χ3v) is 4.99. The highest BCUT2D eigenvalue weighted by molar-refractivity contribution is 7.98. The Kier molecular flexibility index (Phi) is 5.24. The number of nitrogens with zero attached hydrogens (tertiary/aromatic N) is 5. The van der Waals surface area contributed by atoms with Gasteiger partial charge >= 0.3 is 0 Å². The number of H-pyrrole nitrogens is 1. The monoisotopic (exact) mass is 394 g/mol. The lowest BCUT2D eigenvalue weighted by Crippen LogP contribution is -2.25. The van der Waals surface area contributed by atoms with Gasteiger partial charge in [0.1, 0.15) is 12.1 Å². The number of aromatic amines is 1. The maximum atomic E-state index is 12.6. The van der Waals surface area contributed by atoms with E-state index in [1.54, 1.807) is 28.9 Å². The molecule has 9 heteroatoms. The minimum absolute atomic E-state index is 0.160. The van der Waals surface area contributed by atoms with E-state index in [2.05, 4.69) is 20.3 Å². The highest BCUT2D eigenvalue weighted by atomic mass is 32.2. The van der Waals surface area contributed by atoms with Gasteiger partial charge in [-0.2, -0.15) is 10.2 Å². The molecular formula is C19H18N6O2S. The van der Waals surface area contributed by atoms with E-state index in [0.717, 1.165) is 11.3 Å². The fourth-order valence-electron chi connectivity index (χ4n) is 2.68. The predicted octanol–water partition coefficient (Wildman–Crippen LogP) is 3.15. The Hall–Kier alpha value is -3.33. The quantitative estimate of drug-likeness (QED) is 0.484. The van der Waals surface area contributed by atoms with Crippen LogP contribution >= 0.6 is 11.8 Å². The van der Waals surface area contributed by atoms with E-state index < -0.39 is 0 Å². The number of rotatable bonds is 7. The van der Waals surface area contributed by atoms with E-state index >= 15 is 0 Å². The van der Waals surface area contributed by atoms with Crippen LogP contribution in [-0.4, -0.2) is 42.8 Å². The minimum atomic E-state index is -0.160. The molecule has 0 unspecified atom stereocenters. The van der Waals surface area contributed by atoms with Crippen LogP contribution in [0.4, 0.5) is 0 Å². The van der Waals surface area contributed by atoms with Crippen molar-refractivity contribution in [2.24, 2.45) is 0 Å². The molecule has 0 atom stereocenters. The third-order valence-electron chi connectivity index (χ3n) is 4.09. The van der Waals surface area contributed by atoms with Gasteiger partial charge in [0, 0.05) is 26.0 Å². The number of nitrogens with one attached hydrogen (secondary N) is 1. The van der Waals surface area contributed by atoms with Crippen LogP contribution in [0.15, 0.2) is 70.8 Å². The van der Waals surface area contributed by atoms with Gasteiger partial charge in [-0.15, -0.1) is 0 Å². The van der Waals surface area contributed by atoms with Crippen LogP contribution < -0.4 is 0 Å². The normalized spacial score (nSPS) is 10.9. The molecule has 28 heavy (non-hydrogen) atoms. The molecule has 1 amide bonds. The summed E-state index contributed by atoms with van der Waals surface area (Å²) < 4.78 is 7.48. The molecule has 8 nitrogen and oxygen atoms in total. The number of aromatic nitrogens is 5. The van der Waals surface area contributed by atoms with E-state index in [-0.39, 0.29) is 5.91 Å². The number of carbonyl (C=O) groups is 1. The maximum absolute atomic E-state index is 12.6. The second kappa shape index (κ2) is 8.13. The van der Waals surface area contributed by atoms with Crippen LogP contribution in [0.3, 0.4) is 0 Å². The maximum Gasteiger partial charge on any atom is 0.289 e. The Morgan fingerprint density at radius 1 is 1.25 bits per heavy atom. The molecule has 0 aliphatic heterocycles. The molecule has 0 radical (unpaired) electrons. The fraction of sp³-hybridized carbons (Fsp3) is 0.158. The SMILES string of the molecule is CN(Cc1ccc(-n2cccn2)cc1)C(=O)c1ccc(CSc2ncn[nH]2)o1. The summed E-state index contributed by atoms with van der Waals surface area (Å²) in [5.41, 5.74) is 2.00. The van der Waals surface area contributed by atoms with Crippen molar-refractivity contribution in [3.8, 4) is 5.69 Å². The van der Waals surface area contributed by atoms with Gasteiger partial charge in [0.25, 0.3) is 5.91 Å². The first kappa shape index (κ1) is 18.1. The van der Waals surface area contributed by atoms with Crippen molar-refractivity contribution >= 4 is 17.7 Å². The third kappa shape index (κ3) is 4.15. The van der Waals surface area contributed by atoms with E-state index in [0.29, 0.717) is 29.0 Å². The van der Waals surface area contributed by atoms with E-state index in [1.807, 2.05) is 42.6 Å². The molecule has 3 aromatic heterocycles. The van der Waals surface area contributed by atoms with Crippen molar-refractivity contribution in [1.29, 1.82) is 0 Å². The molecule has 0 saturated heterocycles. The van der Waals surface area contributed by atoms with Crippen molar-refractivity contribution in [3.05, 3.63) is 78.3 Å². The van der Waals surface area contributed by atoms with Crippen LogP contribution in [0.25, 0.3) is 5.69 Å². The Balaban J connectivity index is 1.35. The molecule has 142 valence electrons. The van der Waals surface area contributed by atoms with Gasteiger partial charge in [0.2, 0.25) is 0 Å². The number of benzene rings is 1. The van der Waals surface area contributed by atoms with E-state index in [1.165, 1.54) is 18.1 Å². The predicted molar refractivity (Wildman–Crippen MR) is 104 cm³/mol. The Morgan fingerprint density at radius 2 is 2.11 bits per heavy atom. The smallest absolute Gasteiger partial charge is 0.289 e. The standard InChI is InChI=1S/C19H18N6O2S/c1-24(11-14-3-5-15(6-4-14)25-10-2-9-22-25)18(26)17-8-7-16(27-17)12-28-19-20-13-21-23-19/h2-10,13H,11-12H2,1H3,(H,20,21,23). The van der Waals surface area contributed by atoms with E-state index in [9.17, 15) is 4.79 Å². The first-order valence-electron chi connectivity index (χ1n) is 8.60. The highest BCUT2D eigenvalue weighted by Crippen LogP contribution is 2.21. The zero-order chi connectivity index (χ0) is 19.3. The van der Waals surface area contributed by atoms with Crippen molar-refractivity contribution in [2.45, 2.75) is 17.5 Å². The molecule has 0 aliphatic carbocycles. The van der Waals surface area contributed by atoms with Gasteiger partial charge < -0.3 is 9.32 Å². The molecule has 4 rings (SSSR count). The van der Waals surface area contributed by atoms with Gasteiger partial charge in [-0.3, -0.25) is 9.89 Å². The molecule has 0 bridgehead atoms. The number of amides is 1. The number of furan rings is 1. The Labute approximate surface area is 165 Å². The lowest BCUT2D eigenvalue weighted by molar-refractivity contribution is 0.0752. The largest absolute Gasteiger partial charge is 0.455 e. The summed E-state index contributed by atoms with van der Waals surface area (Å²) in [5.74, 6) is 1.44. The summed E-state index contributed by atoms with van der Waals surface area (Å²) in [7, 11) is 1.76. The number of carbonyl (C=O) groups excluding carboxylic acids is 1. The minimum Gasteiger partial charge on any atom is -0.455 e.